The van der Waals surface area contributed by atoms with E-state index in [1.54, 1.807) is 0 Å². The van der Waals surface area contributed by atoms with Crippen LogP contribution >= 0.6 is 0 Å². The van der Waals surface area contributed by atoms with Crippen molar-refractivity contribution in [3.8, 4) is 0 Å². The molecule has 4 heteroatoms. The van der Waals surface area contributed by atoms with Gasteiger partial charge >= 0.3 is 0 Å². The first-order chi connectivity index (χ1) is 0. The molecule has 0 rings (SSSR count). The van der Waals surface area contributed by atoms with Crippen molar-refractivity contribution in [2.45, 2.75) is 0 Å². The SMILES string of the molecule is [Ag].[Au].[In].[Sn]. The average molecular weight is 538 g/mol. The molecule has 4 heavy (non-hydrogen) atoms. The van der Waals surface area contributed by atoms with E-state index in [2.05, 4.69) is 0 Å². The van der Waals surface area contributed by atoms with Crippen molar-refractivity contribution in [1.29, 1.82) is 0 Å². The number of hydrogen-bond acceptors (Lipinski definition) is 0. The van der Waals surface area contributed by atoms with E-state index in [0.29, 0.717) is 0 Å². The second kappa shape index (κ2) is 16.4. The van der Waals surface area contributed by atoms with Gasteiger partial charge in [0, 0.05) is 94.5 Å². The fourth-order valence-corrected chi connectivity index (χ4v) is 0. The van der Waals surface area contributed by atoms with Gasteiger partial charge in [0.25, 0.3) is 0 Å². The van der Waals surface area contributed by atoms with Crippen LogP contribution in [0.1, 0.15) is 0 Å². The zero-order valence-corrected chi connectivity index (χ0v) is 11.5. The van der Waals surface area contributed by atoms with Crippen molar-refractivity contribution in [1.82, 2.24) is 0 Å². The van der Waals surface area contributed by atoms with Gasteiger partial charge in [0.05, 0.1) is 0 Å². The minimum absolute atomic E-state index is 0. The molecule has 0 aliphatic rings. The molecule has 9 radical (unpaired) electrons. The molecule has 0 aromatic heterocycles. The molecule has 0 nitrogen and oxygen atoms in total. The van der Waals surface area contributed by atoms with E-state index < -0.39 is 0 Å². The van der Waals surface area contributed by atoms with Crippen molar-refractivity contribution in [3.05, 3.63) is 0 Å². The number of hydrogen-bond donors (Lipinski definition) is 0. The van der Waals surface area contributed by atoms with Gasteiger partial charge in [0.2, 0.25) is 0 Å². The predicted molar refractivity (Wildman–Crippen MR) is 11.5 cm³/mol. The Hall–Kier alpha value is 3.15. The molecule has 0 atom stereocenters. The summed E-state index contributed by atoms with van der Waals surface area (Å²) in [5.41, 5.74) is 0. The van der Waals surface area contributed by atoms with Crippen molar-refractivity contribution in [2.24, 2.45) is 0 Å². The second-order valence-electron chi connectivity index (χ2n) is 0. The zero-order valence-electron chi connectivity index (χ0n) is 1.68. The Morgan fingerprint density at radius 3 is 1.00 bits per heavy atom. The first-order valence-electron chi connectivity index (χ1n) is 0. The Morgan fingerprint density at radius 1 is 1.00 bits per heavy atom. The van der Waals surface area contributed by atoms with Gasteiger partial charge in [0.1, 0.15) is 0 Å². The van der Waals surface area contributed by atoms with E-state index in [-0.39, 0.29) is 94.5 Å². The Morgan fingerprint density at radius 2 is 1.00 bits per heavy atom. The molecule has 0 fully saturated rings. The largest absolute Gasteiger partial charge is 0 e. The first-order valence-corrected chi connectivity index (χ1v) is 0. The van der Waals surface area contributed by atoms with Crippen LogP contribution in [0.2, 0.25) is 0 Å². The molecular formula is AgAuInSn. The quantitative estimate of drug-likeness (QED) is 0.356. The van der Waals surface area contributed by atoms with Crippen LogP contribution in [0.25, 0.3) is 0 Å². The maximum Gasteiger partial charge on any atom is 0 e. The minimum Gasteiger partial charge on any atom is 0 e. The summed E-state index contributed by atoms with van der Waals surface area (Å²) in [4.78, 5) is 0. The van der Waals surface area contributed by atoms with E-state index in [1.807, 2.05) is 0 Å². The van der Waals surface area contributed by atoms with Gasteiger partial charge in [-0.25, -0.2) is 0 Å². The Bertz CT molecular complexity index is 8.00. The van der Waals surface area contributed by atoms with Crippen molar-refractivity contribution in [3.63, 3.8) is 0 Å². The standard InChI is InChI=1S/Ag.Au.In.Sn. The minimum atomic E-state index is 0. The third kappa shape index (κ3) is 8.94. The van der Waals surface area contributed by atoms with E-state index in [1.165, 1.54) is 0 Å². The summed E-state index contributed by atoms with van der Waals surface area (Å²) in [6.45, 7) is 0. The zero-order chi connectivity index (χ0) is 0. The van der Waals surface area contributed by atoms with Gasteiger partial charge in [-0.3, -0.25) is 0 Å². The third-order valence-corrected chi connectivity index (χ3v) is 0. The van der Waals surface area contributed by atoms with Crippen molar-refractivity contribution in [2.75, 3.05) is 0 Å². The van der Waals surface area contributed by atoms with Crippen LogP contribution in [0.3, 0.4) is 0 Å². The molecule has 29 valence electrons. The Kier molecular flexibility index (Phi) is 112. The smallest absolute Gasteiger partial charge is 0 e. The van der Waals surface area contributed by atoms with Gasteiger partial charge in [-0.05, 0) is 0 Å². The summed E-state index contributed by atoms with van der Waals surface area (Å²) in [6.07, 6.45) is 0. The fraction of sp³-hybridized carbons (Fsp3) is 0. The summed E-state index contributed by atoms with van der Waals surface area (Å²) in [7, 11) is 0. The molecule has 0 saturated carbocycles. The topological polar surface area (TPSA) is 0 Å². The van der Waals surface area contributed by atoms with Gasteiger partial charge in [-0.2, -0.15) is 0 Å². The van der Waals surface area contributed by atoms with E-state index in [0.717, 1.165) is 0 Å². The van der Waals surface area contributed by atoms with Crippen LogP contribution in [0.15, 0.2) is 0 Å². The second-order valence-corrected chi connectivity index (χ2v) is 0. The molecule has 0 unspecified atom stereocenters. The van der Waals surface area contributed by atoms with Crippen molar-refractivity contribution >= 4 is 49.8 Å². The van der Waals surface area contributed by atoms with Crippen molar-refractivity contribution < 1.29 is 44.8 Å². The molecule has 0 aromatic carbocycles. The van der Waals surface area contributed by atoms with E-state index in [4.69, 9.17) is 0 Å². The molecule has 0 amide bonds. The van der Waals surface area contributed by atoms with Crippen LogP contribution in [0, 0.1) is 0 Å². The van der Waals surface area contributed by atoms with Gasteiger partial charge in [0.15, 0.2) is 0 Å². The summed E-state index contributed by atoms with van der Waals surface area (Å²) in [5.74, 6) is 0. The maximum absolute atomic E-state index is 0. The molecular weight excluding hydrogens is 538 g/mol. The molecule has 0 saturated heterocycles. The predicted octanol–water partition coefficient (Wildman–Crippen LogP) is -0.767. The summed E-state index contributed by atoms with van der Waals surface area (Å²) >= 11 is 0. The Labute approximate surface area is 92.6 Å². The van der Waals surface area contributed by atoms with Crippen LogP contribution in [0.5, 0.6) is 0 Å². The monoisotopic (exact) mass is 539 g/mol. The fourth-order valence-electron chi connectivity index (χ4n) is 0. The van der Waals surface area contributed by atoms with Crippen LogP contribution in [-0.4, -0.2) is 49.8 Å². The van der Waals surface area contributed by atoms with E-state index in [9.17, 15) is 0 Å². The van der Waals surface area contributed by atoms with Gasteiger partial charge < -0.3 is 0 Å². The summed E-state index contributed by atoms with van der Waals surface area (Å²) < 4.78 is 0. The number of rotatable bonds is 0. The molecule has 0 N–H and O–H groups in total. The van der Waals surface area contributed by atoms with E-state index >= 15 is 0 Å². The maximum atomic E-state index is 0. The molecule has 0 heterocycles. The normalized spacial score (nSPS) is 0. The molecule has 0 aromatic rings. The average Bonchev–Trinajstić information content (AvgIpc) is 0. The molecule has 0 spiro atoms. The molecule has 0 aliphatic carbocycles. The summed E-state index contributed by atoms with van der Waals surface area (Å²) in [5, 5.41) is 0. The third-order valence-electron chi connectivity index (χ3n) is 0. The molecule has 0 bridgehead atoms. The molecule has 0 aliphatic heterocycles. The van der Waals surface area contributed by atoms with Gasteiger partial charge in [-0.15, -0.1) is 0 Å². The summed E-state index contributed by atoms with van der Waals surface area (Å²) in [6, 6.07) is 0. The first kappa shape index (κ1) is 27.3. The Balaban J connectivity index is 0. The van der Waals surface area contributed by atoms with Crippen LogP contribution in [0.4, 0.5) is 0 Å². The van der Waals surface area contributed by atoms with Gasteiger partial charge in [-0.1, -0.05) is 0 Å². The van der Waals surface area contributed by atoms with Crippen LogP contribution < -0.4 is 0 Å². The van der Waals surface area contributed by atoms with Crippen LogP contribution in [-0.2, 0) is 44.8 Å².